The third kappa shape index (κ3) is 3.35. The molecular formula is C26H33Hf. The zero-order valence-electron chi connectivity index (χ0n) is 17.4. The van der Waals surface area contributed by atoms with Crippen LogP contribution in [-0.4, -0.2) is 0 Å². The topological polar surface area (TPSA) is 0 Å². The molecule has 0 amide bonds. The van der Waals surface area contributed by atoms with Gasteiger partial charge >= 0.3 is 174 Å². The number of hydrogen-bond acceptors (Lipinski definition) is 0. The molecule has 0 fully saturated rings. The number of hydrogen-bond donors (Lipinski definition) is 0. The van der Waals surface area contributed by atoms with E-state index in [1.165, 1.54) is 49.7 Å². The first kappa shape index (κ1) is 19.4. The Hall–Kier alpha value is -0.950. The van der Waals surface area contributed by atoms with E-state index in [-0.39, 0.29) is 0 Å². The van der Waals surface area contributed by atoms with Gasteiger partial charge in [-0.15, -0.1) is 0 Å². The summed E-state index contributed by atoms with van der Waals surface area (Å²) < 4.78 is 5.63. The van der Waals surface area contributed by atoms with Crippen molar-refractivity contribution >= 4 is 6.08 Å². The van der Waals surface area contributed by atoms with Gasteiger partial charge in [0.2, 0.25) is 0 Å². The molecule has 141 valence electrons. The van der Waals surface area contributed by atoms with Crippen LogP contribution in [0.4, 0.5) is 0 Å². The Labute approximate surface area is 173 Å². The van der Waals surface area contributed by atoms with E-state index in [0.717, 1.165) is 0 Å². The van der Waals surface area contributed by atoms with Crippen molar-refractivity contribution in [2.24, 2.45) is 5.41 Å². The van der Waals surface area contributed by atoms with Crippen LogP contribution in [0.3, 0.4) is 0 Å². The van der Waals surface area contributed by atoms with Gasteiger partial charge in [0.15, 0.2) is 0 Å². The predicted molar refractivity (Wildman–Crippen MR) is 114 cm³/mol. The van der Waals surface area contributed by atoms with E-state index in [1.807, 2.05) is 0 Å². The summed E-state index contributed by atoms with van der Waals surface area (Å²) in [5, 5.41) is 0. The van der Waals surface area contributed by atoms with Crippen LogP contribution in [0.15, 0.2) is 48.5 Å². The monoisotopic (exact) mass is 525 g/mol. The molecule has 0 aliphatic heterocycles. The fraction of sp³-hybridized carbons (Fsp3) is 0.462. The van der Waals surface area contributed by atoms with Gasteiger partial charge in [-0.25, -0.2) is 0 Å². The average Bonchev–Trinajstić information content (AvgIpc) is 3.24. The van der Waals surface area contributed by atoms with Gasteiger partial charge in [-0.2, -0.15) is 0 Å². The maximum atomic E-state index is 2.65. The Morgan fingerprint density at radius 1 is 0.926 bits per heavy atom. The summed E-state index contributed by atoms with van der Waals surface area (Å²) in [6.07, 6.45) is 12.8. The maximum absolute atomic E-state index is 2.65. The molecule has 0 bridgehead atoms. The Morgan fingerprint density at radius 2 is 1.59 bits per heavy atom. The molecule has 1 heteroatoms. The molecule has 0 heterocycles. The Bertz CT molecular complexity index is 842. The molecule has 0 spiro atoms. The molecule has 0 radical (unpaired) electrons. The predicted octanol–water partition coefficient (Wildman–Crippen LogP) is 7.16. The molecule has 2 aromatic carbocycles. The summed E-state index contributed by atoms with van der Waals surface area (Å²) in [6.45, 7) is 4.77. The summed E-state index contributed by atoms with van der Waals surface area (Å²) in [4.78, 5) is 0. The normalized spacial score (nSPS) is 21.9. The molecule has 27 heavy (non-hydrogen) atoms. The van der Waals surface area contributed by atoms with Crippen molar-refractivity contribution < 1.29 is 21.4 Å². The molecule has 0 aromatic heterocycles. The van der Waals surface area contributed by atoms with Gasteiger partial charge in [-0.05, 0) is 0 Å². The zero-order chi connectivity index (χ0) is 19.1. The molecule has 1 unspecified atom stereocenters. The molecule has 2 aliphatic carbocycles. The fourth-order valence-electron chi connectivity index (χ4n) is 5.39. The van der Waals surface area contributed by atoms with E-state index < -0.39 is 21.4 Å². The quantitative estimate of drug-likeness (QED) is 0.352. The standard InChI is InChI=1S/C24H27.2CH3.Hf/c1-3-24(4-2)16-21-14-20-13-12-19(23(20)15-22(21)17-24)11-10-18-8-6-5-7-9-18;;;/h5-9,12-15H,3-4,10-11,16-17H2,1-2H3;2*1H3;. The van der Waals surface area contributed by atoms with Crippen molar-refractivity contribution in [1.29, 1.82) is 0 Å². The third-order valence-electron chi connectivity index (χ3n) is 7.57. The molecule has 1 atom stereocenters. The van der Waals surface area contributed by atoms with Crippen LogP contribution >= 0.6 is 0 Å². The van der Waals surface area contributed by atoms with Crippen molar-refractivity contribution in [2.45, 2.75) is 64.9 Å². The first-order valence-corrected chi connectivity index (χ1v) is 19.7. The number of benzene rings is 2. The Kier molecular flexibility index (Phi) is 5.36. The molecular weight excluding hydrogens is 491 g/mol. The van der Waals surface area contributed by atoms with Crippen molar-refractivity contribution in [1.82, 2.24) is 0 Å². The van der Waals surface area contributed by atoms with Gasteiger partial charge in [0.25, 0.3) is 0 Å². The zero-order valence-corrected chi connectivity index (χ0v) is 21.0. The van der Waals surface area contributed by atoms with Crippen LogP contribution in [0.25, 0.3) is 6.08 Å². The minimum atomic E-state index is -1.70. The summed E-state index contributed by atoms with van der Waals surface area (Å²) in [7, 11) is 0. The Balaban J connectivity index is 1.68. The molecule has 0 saturated heterocycles. The number of rotatable bonds is 6. The van der Waals surface area contributed by atoms with Crippen LogP contribution in [0.2, 0.25) is 9.36 Å². The van der Waals surface area contributed by atoms with Gasteiger partial charge < -0.3 is 0 Å². The molecule has 2 aromatic rings. The Morgan fingerprint density at radius 3 is 2.22 bits per heavy atom. The van der Waals surface area contributed by atoms with Crippen LogP contribution in [0.1, 0.15) is 60.9 Å². The van der Waals surface area contributed by atoms with Crippen molar-refractivity contribution in [2.75, 3.05) is 0 Å². The second kappa shape index (κ2) is 7.47. The molecule has 2 aliphatic rings. The van der Waals surface area contributed by atoms with Gasteiger partial charge in [0.1, 0.15) is 0 Å². The van der Waals surface area contributed by atoms with E-state index in [1.54, 1.807) is 16.7 Å². The van der Waals surface area contributed by atoms with Crippen molar-refractivity contribution in [3.05, 3.63) is 76.4 Å². The minimum absolute atomic E-state index is 0.397. The second-order valence-corrected chi connectivity index (χ2v) is 19.4. The van der Waals surface area contributed by atoms with Gasteiger partial charge in [0, 0.05) is 0 Å². The van der Waals surface area contributed by atoms with E-state index in [9.17, 15) is 0 Å². The third-order valence-corrected chi connectivity index (χ3v) is 16.4. The summed E-state index contributed by atoms with van der Waals surface area (Å²) in [5.74, 6) is 0. The SMILES string of the molecule is CCC1(CC)Cc2cc3c(cc2C1)[C](CCc1ccccc1)([Hf]([CH3])[CH3])C=C3. The molecule has 0 saturated carbocycles. The first-order chi connectivity index (χ1) is 13.0. The molecule has 0 N–H and O–H groups in total. The average molecular weight is 524 g/mol. The van der Waals surface area contributed by atoms with Crippen LogP contribution in [-0.2, 0) is 43.9 Å². The molecule has 4 rings (SSSR count). The van der Waals surface area contributed by atoms with E-state index in [0.29, 0.717) is 8.59 Å². The van der Waals surface area contributed by atoms with Gasteiger partial charge in [-0.1, -0.05) is 0 Å². The van der Waals surface area contributed by atoms with Gasteiger partial charge in [0.05, 0.1) is 0 Å². The van der Waals surface area contributed by atoms with Crippen molar-refractivity contribution in [3.8, 4) is 0 Å². The first-order valence-electron chi connectivity index (χ1n) is 10.7. The van der Waals surface area contributed by atoms with Gasteiger partial charge in [-0.3, -0.25) is 0 Å². The van der Waals surface area contributed by atoms with Crippen LogP contribution in [0, 0.1) is 5.41 Å². The summed E-state index contributed by atoms with van der Waals surface area (Å²) in [6, 6.07) is 16.3. The summed E-state index contributed by atoms with van der Waals surface area (Å²) >= 11 is -1.70. The van der Waals surface area contributed by atoms with E-state index in [4.69, 9.17) is 0 Å². The van der Waals surface area contributed by atoms with Crippen molar-refractivity contribution in [3.63, 3.8) is 0 Å². The fourth-order valence-corrected chi connectivity index (χ4v) is 11.8. The number of allylic oxidation sites excluding steroid dienone is 1. The molecule has 0 nitrogen and oxygen atoms in total. The number of fused-ring (bicyclic) bond motifs is 2. The second-order valence-electron chi connectivity index (χ2n) is 9.06. The van der Waals surface area contributed by atoms with E-state index >= 15 is 0 Å². The van der Waals surface area contributed by atoms with Crippen LogP contribution < -0.4 is 0 Å². The summed E-state index contributed by atoms with van der Waals surface area (Å²) in [5.41, 5.74) is 8.54. The number of aryl methyl sites for hydroxylation is 1. The van der Waals surface area contributed by atoms with Crippen LogP contribution in [0.5, 0.6) is 0 Å². The van der Waals surface area contributed by atoms with E-state index in [2.05, 4.69) is 77.8 Å².